The van der Waals surface area contributed by atoms with Crippen molar-refractivity contribution in [3.8, 4) is 0 Å². The molecule has 90 valence electrons. The third-order valence-corrected chi connectivity index (χ3v) is 1.87. The van der Waals surface area contributed by atoms with Crippen molar-refractivity contribution in [2.45, 2.75) is 30.7 Å². The molecule has 0 unspecified atom stereocenters. The van der Waals surface area contributed by atoms with E-state index in [0.717, 1.165) is 0 Å². The fourth-order valence-electron chi connectivity index (χ4n) is 1.08. The molecule has 6 nitrogen and oxygen atoms in total. The van der Waals surface area contributed by atoms with Gasteiger partial charge in [-0.2, -0.15) is 0 Å². The van der Waals surface area contributed by atoms with Crippen molar-refractivity contribution < 1.29 is 30.3 Å². The molecule has 0 aliphatic carbocycles. The molecule has 1 aliphatic rings. The van der Waals surface area contributed by atoms with E-state index < -0.39 is 37.3 Å². The van der Waals surface area contributed by atoms with Gasteiger partial charge in [-0.25, -0.2) is 0 Å². The first-order chi connectivity index (χ1) is 6.99. The maximum absolute atomic E-state index is 9.12. The van der Waals surface area contributed by atoms with Gasteiger partial charge in [0.05, 0.1) is 6.61 Å². The summed E-state index contributed by atoms with van der Waals surface area (Å²) in [7, 11) is 1.50. The van der Waals surface area contributed by atoms with E-state index in [1.165, 1.54) is 8.60 Å². The number of hydrogen-bond donors (Lipinski definition) is 5. The van der Waals surface area contributed by atoms with Crippen LogP contribution in [0.1, 0.15) is 0 Å². The van der Waals surface area contributed by atoms with Gasteiger partial charge in [0, 0.05) is 0 Å². The minimum atomic E-state index is -1.57. The molecule has 1 rings (SSSR count). The zero-order valence-corrected chi connectivity index (χ0v) is 11.7. The van der Waals surface area contributed by atoms with Crippen LogP contribution in [-0.2, 0) is 4.74 Å². The van der Waals surface area contributed by atoms with E-state index in [9.17, 15) is 0 Å². The van der Waals surface area contributed by atoms with Crippen molar-refractivity contribution in [1.82, 2.24) is 0 Å². The molecular formula is C6H12O6SSe2. The number of rotatable bonds is 1. The van der Waals surface area contributed by atoms with Crippen LogP contribution in [0.4, 0.5) is 0 Å². The quantitative estimate of drug-likeness (QED) is 0.307. The van der Waals surface area contributed by atoms with E-state index >= 15 is 0 Å². The zero-order valence-electron chi connectivity index (χ0n) is 7.46. The van der Waals surface area contributed by atoms with Crippen LogP contribution in [0.3, 0.4) is 0 Å². The van der Waals surface area contributed by atoms with Gasteiger partial charge in [0.15, 0.2) is 6.29 Å². The summed E-state index contributed by atoms with van der Waals surface area (Å²) in [6, 6.07) is 0. The van der Waals surface area contributed by atoms with Crippen LogP contribution in [-0.4, -0.2) is 92.6 Å². The molecule has 15 heavy (non-hydrogen) atoms. The van der Waals surface area contributed by atoms with Crippen LogP contribution in [0, 0.1) is 0 Å². The SMILES string of the molecule is OC[C@H]1O[C@@H](O)[C@H](O)[C@@H](O)[C@@H]1O.[Se]S[Se]. The molecule has 1 aliphatic heterocycles. The first kappa shape index (κ1) is 16.1. The molecule has 0 amide bonds. The second-order valence-electron chi connectivity index (χ2n) is 2.79. The molecule has 1 fully saturated rings. The van der Waals surface area contributed by atoms with Gasteiger partial charge < -0.3 is 30.3 Å². The molecule has 0 spiro atoms. The molecular weight excluding hydrogens is 358 g/mol. The average molecular weight is 370 g/mol. The van der Waals surface area contributed by atoms with Crippen molar-refractivity contribution >= 4 is 38.4 Å². The fraction of sp³-hybridized carbons (Fsp3) is 1.00. The van der Waals surface area contributed by atoms with E-state index in [1.54, 1.807) is 0 Å². The standard InChI is InChI=1S/C6H12O6.SSe2/c7-1-2-3(8)4(9)5(10)6(11)12-2;2-1-3/h2-11H,1H2;/t2-,3-,4+,5-,6-;/m1./s1. The second kappa shape index (κ2) is 8.27. The number of aliphatic hydroxyl groups excluding tert-OH is 5. The summed E-state index contributed by atoms with van der Waals surface area (Å²) in [5.74, 6) is 0. The molecule has 5 atom stereocenters. The maximum atomic E-state index is 9.12. The van der Waals surface area contributed by atoms with Gasteiger partial charge in [-0.15, -0.1) is 0 Å². The van der Waals surface area contributed by atoms with Crippen LogP contribution in [0.2, 0.25) is 0 Å². The Morgan fingerprint density at radius 1 is 1.00 bits per heavy atom. The zero-order chi connectivity index (χ0) is 12.0. The number of aliphatic hydroxyl groups is 5. The van der Waals surface area contributed by atoms with Crippen molar-refractivity contribution in [1.29, 1.82) is 0 Å². The molecule has 0 aromatic rings. The Morgan fingerprint density at radius 2 is 1.47 bits per heavy atom. The normalized spacial score (nSPS) is 40.6. The molecule has 0 saturated carbocycles. The summed E-state index contributed by atoms with van der Waals surface area (Å²) in [5.41, 5.74) is 0. The number of hydrogen-bond acceptors (Lipinski definition) is 7. The Morgan fingerprint density at radius 3 is 1.87 bits per heavy atom. The van der Waals surface area contributed by atoms with Crippen molar-refractivity contribution in [3.63, 3.8) is 0 Å². The average Bonchev–Trinajstić information content (AvgIpc) is 2.21. The Balaban J connectivity index is 0.000000583. The molecule has 9 heteroatoms. The van der Waals surface area contributed by atoms with Gasteiger partial charge in [-0.3, -0.25) is 0 Å². The van der Waals surface area contributed by atoms with Crippen molar-refractivity contribution in [2.24, 2.45) is 0 Å². The Labute approximate surface area is 106 Å². The van der Waals surface area contributed by atoms with Crippen LogP contribution in [0.25, 0.3) is 0 Å². The molecule has 2 radical (unpaired) electrons. The summed E-state index contributed by atoms with van der Waals surface area (Å²) >= 11 is 5.33. The summed E-state index contributed by atoms with van der Waals surface area (Å²) < 4.78 is 4.58. The summed E-state index contributed by atoms with van der Waals surface area (Å²) in [6.45, 7) is -0.526. The minimum absolute atomic E-state index is 0.526. The number of ether oxygens (including phenoxy) is 1. The topological polar surface area (TPSA) is 110 Å². The van der Waals surface area contributed by atoms with Gasteiger partial charge in [-0.1, -0.05) is 0 Å². The van der Waals surface area contributed by atoms with E-state index in [1.807, 2.05) is 0 Å². The monoisotopic (exact) mass is 372 g/mol. The summed E-state index contributed by atoms with van der Waals surface area (Å²) in [4.78, 5) is 0. The van der Waals surface area contributed by atoms with E-state index in [-0.39, 0.29) is 0 Å². The molecule has 0 aromatic carbocycles. The van der Waals surface area contributed by atoms with E-state index in [4.69, 9.17) is 25.5 Å². The predicted octanol–water partition coefficient (Wildman–Crippen LogP) is -3.33. The van der Waals surface area contributed by atoms with Crippen molar-refractivity contribution in [3.05, 3.63) is 0 Å². The van der Waals surface area contributed by atoms with Gasteiger partial charge in [-0.05, 0) is 0 Å². The van der Waals surface area contributed by atoms with E-state index in [0.29, 0.717) is 0 Å². The predicted molar refractivity (Wildman–Crippen MR) is 55.1 cm³/mol. The molecule has 5 N–H and O–H groups in total. The van der Waals surface area contributed by atoms with Crippen LogP contribution in [0.15, 0.2) is 0 Å². The van der Waals surface area contributed by atoms with Gasteiger partial charge >= 0.3 is 38.4 Å². The van der Waals surface area contributed by atoms with Crippen LogP contribution < -0.4 is 0 Å². The van der Waals surface area contributed by atoms with Gasteiger partial charge in [0.2, 0.25) is 0 Å². The van der Waals surface area contributed by atoms with Crippen LogP contribution in [0.5, 0.6) is 0 Å². The van der Waals surface area contributed by atoms with Gasteiger partial charge in [0.1, 0.15) is 24.4 Å². The Kier molecular flexibility index (Phi) is 8.90. The third kappa shape index (κ3) is 4.89. The Bertz CT molecular complexity index is 171. The van der Waals surface area contributed by atoms with Gasteiger partial charge in [0.25, 0.3) is 0 Å². The molecule has 1 heterocycles. The van der Waals surface area contributed by atoms with E-state index in [2.05, 4.69) is 34.5 Å². The summed E-state index contributed by atoms with van der Waals surface area (Å²) in [6.07, 6.45) is -7.04. The Hall–Kier alpha value is 1.15. The summed E-state index contributed by atoms with van der Waals surface area (Å²) in [5, 5.41) is 44.7. The first-order valence-corrected chi connectivity index (χ1v) is 8.76. The van der Waals surface area contributed by atoms with Crippen molar-refractivity contribution in [2.75, 3.05) is 6.61 Å². The first-order valence-electron chi connectivity index (χ1n) is 3.90. The third-order valence-electron chi connectivity index (χ3n) is 1.87. The molecule has 0 bridgehead atoms. The molecule has 0 aromatic heterocycles. The molecule has 1 saturated heterocycles. The second-order valence-corrected chi connectivity index (χ2v) is 8.23. The fourth-order valence-corrected chi connectivity index (χ4v) is 1.08. The van der Waals surface area contributed by atoms with Crippen LogP contribution >= 0.6 is 8.60 Å².